The molecule has 1 amide bonds. The Balaban J connectivity index is 1.37. The summed E-state index contributed by atoms with van der Waals surface area (Å²) in [6.45, 7) is 6.71. The van der Waals surface area contributed by atoms with Gasteiger partial charge < -0.3 is 9.64 Å². The summed E-state index contributed by atoms with van der Waals surface area (Å²) in [6.07, 6.45) is 8.93. The number of rotatable bonds is 6. The van der Waals surface area contributed by atoms with Crippen LogP contribution in [0.25, 0.3) is 16.8 Å². The quantitative estimate of drug-likeness (QED) is 0.425. The number of carbonyl (C=O) groups excluding carboxylic acids is 1. The van der Waals surface area contributed by atoms with Crippen molar-refractivity contribution in [3.63, 3.8) is 0 Å². The molecule has 0 spiro atoms. The molecule has 6 heteroatoms. The molecule has 0 saturated heterocycles. The number of carbonyl (C=O) groups is 1. The van der Waals surface area contributed by atoms with Crippen molar-refractivity contribution in [3.05, 3.63) is 107 Å². The summed E-state index contributed by atoms with van der Waals surface area (Å²) in [5.74, 6) is 0.707. The van der Waals surface area contributed by atoms with Crippen molar-refractivity contribution in [2.24, 2.45) is 0 Å². The zero-order valence-corrected chi connectivity index (χ0v) is 22.6. The molecule has 2 aliphatic rings. The van der Waals surface area contributed by atoms with Crippen molar-refractivity contribution in [2.45, 2.75) is 20.3 Å². The Morgan fingerprint density at radius 3 is 2.53 bits per heavy atom. The minimum atomic E-state index is 0.160. The Labute approximate surface area is 225 Å². The molecule has 0 saturated carbocycles. The normalized spacial score (nSPS) is 19.4. The smallest absolute Gasteiger partial charge is 0.278 e. The van der Waals surface area contributed by atoms with E-state index >= 15 is 0 Å². The molecular weight excluding hydrogens is 472 g/mol. The van der Waals surface area contributed by atoms with Crippen LogP contribution < -0.4 is 4.74 Å². The molecule has 0 fully saturated rings. The van der Waals surface area contributed by atoms with Crippen molar-refractivity contribution in [3.8, 4) is 5.88 Å². The molecule has 194 valence electrons. The summed E-state index contributed by atoms with van der Waals surface area (Å²) in [5.41, 5.74) is 9.30. The number of aromatic nitrogens is 2. The summed E-state index contributed by atoms with van der Waals surface area (Å²) in [6, 6.07) is 18.9. The van der Waals surface area contributed by atoms with Crippen LogP contribution in [0.3, 0.4) is 0 Å². The maximum absolute atomic E-state index is 13.6. The van der Waals surface area contributed by atoms with Crippen molar-refractivity contribution >= 4 is 22.8 Å². The maximum Gasteiger partial charge on any atom is 0.278 e. The lowest BCUT2D eigenvalue weighted by atomic mass is 9.94. The molecule has 0 N–H and O–H groups in total. The molecule has 0 bridgehead atoms. The number of amides is 1. The monoisotopic (exact) mass is 507 g/mol. The highest BCUT2D eigenvalue weighted by Crippen LogP contribution is 2.35. The number of nitrogens with zero attached hydrogens (tertiary/aromatic N) is 4. The Bertz CT molecular complexity index is 1440. The second-order valence-corrected chi connectivity index (χ2v) is 10.4. The van der Waals surface area contributed by atoms with Gasteiger partial charge in [-0.05, 0) is 66.3 Å². The first-order valence-electron chi connectivity index (χ1n) is 13.1. The minimum Gasteiger partial charge on any atom is -0.481 e. The van der Waals surface area contributed by atoms with Crippen LogP contribution in [-0.4, -0.2) is 65.6 Å². The fraction of sp³-hybridized carbons (Fsp3) is 0.281. The maximum atomic E-state index is 13.6. The predicted molar refractivity (Wildman–Crippen MR) is 152 cm³/mol. The number of ether oxygens (including phenoxy) is 1. The zero-order valence-electron chi connectivity index (χ0n) is 22.6. The summed E-state index contributed by atoms with van der Waals surface area (Å²) in [7, 11) is 3.77. The van der Waals surface area contributed by atoms with E-state index in [4.69, 9.17) is 4.74 Å². The standard InChI is InChI=1S/C32H35N4O2/c1-23-10-11-27(18-24(23)2)28-14-17-36(3,30(19-28)26-8-6-5-7-9-26)21-32(37)35-15-12-25(13-16-35)29-20-31(38-4)34-22-33-29/h5-12,14,18-20,22H,13,15-17,21H2,1-4H3/q+1. The highest BCUT2D eigenvalue weighted by Gasteiger charge is 2.35. The Morgan fingerprint density at radius 1 is 1.00 bits per heavy atom. The zero-order chi connectivity index (χ0) is 26.7. The molecule has 3 heterocycles. The molecule has 5 rings (SSSR count). The van der Waals surface area contributed by atoms with Crippen LogP contribution in [0.5, 0.6) is 5.88 Å². The lowest BCUT2D eigenvalue weighted by Crippen LogP contribution is -2.51. The molecule has 1 unspecified atom stereocenters. The van der Waals surface area contributed by atoms with E-state index in [2.05, 4.69) is 91.6 Å². The predicted octanol–water partition coefficient (Wildman–Crippen LogP) is 5.30. The second-order valence-electron chi connectivity index (χ2n) is 10.4. The molecule has 38 heavy (non-hydrogen) atoms. The third-order valence-corrected chi connectivity index (χ3v) is 7.72. The molecule has 1 atom stereocenters. The number of allylic oxidation sites excluding steroid dienone is 2. The number of hydrogen-bond acceptors (Lipinski definition) is 4. The van der Waals surface area contributed by atoms with Gasteiger partial charge in [-0.25, -0.2) is 9.97 Å². The van der Waals surface area contributed by atoms with E-state index in [1.165, 1.54) is 28.6 Å². The van der Waals surface area contributed by atoms with Crippen LogP contribution in [0.1, 0.15) is 34.4 Å². The largest absolute Gasteiger partial charge is 0.481 e. The highest BCUT2D eigenvalue weighted by molar-refractivity contribution is 5.85. The van der Waals surface area contributed by atoms with Crippen molar-refractivity contribution < 1.29 is 14.0 Å². The van der Waals surface area contributed by atoms with Gasteiger partial charge in [0.15, 0.2) is 6.54 Å². The number of aryl methyl sites for hydroxylation is 2. The number of hydrogen-bond donors (Lipinski definition) is 0. The number of quaternary nitrogens is 1. The van der Waals surface area contributed by atoms with Crippen LogP contribution in [0.4, 0.5) is 0 Å². The van der Waals surface area contributed by atoms with E-state index in [0.29, 0.717) is 30.0 Å². The topological polar surface area (TPSA) is 55.3 Å². The Hall–Kier alpha value is -4.03. The van der Waals surface area contributed by atoms with Gasteiger partial charge in [-0.15, -0.1) is 0 Å². The first-order chi connectivity index (χ1) is 18.4. The molecule has 3 aromatic rings. The van der Waals surface area contributed by atoms with Gasteiger partial charge in [0.1, 0.15) is 18.6 Å². The van der Waals surface area contributed by atoms with Gasteiger partial charge in [0.05, 0.1) is 19.9 Å². The Morgan fingerprint density at radius 2 is 1.82 bits per heavy atom. The van der Waals surface area contributed by atoms with Crippen LogP contribution in [0.2, 0.25) is 0 Å². The average Bonchev–Trinajstić information content (AvgIpc) is 2.95. The van der Waals surface area contributed by atoms with Gasteiger partial charge in [0, 0.05) is 30.8 Å². The minimum absolute atomic E-state index is 0.160. The number of likely N-dealkylation sites (N-methyl/N-ethyl adjacent to an activating group) is 1. The molecule has 0 aliphatic carbocycles. The van der Waals surface area contributed by atoms with Gasteiger partial charge in [-0.1, -0.05) is 42.5 Å². The fourth-order valence-corrected chi connectivity index (χ4v) is 5.19. The van der Waals surface area contributed by atoms with Crippen LogP contribution in [0, 0.1) is 13.8 Å². The van der Waals surface area contributed by atoms with Gasteiger partial charge >= 0.3 is 0 Å². The SMILES string of the molecule is COc1cc(C2=CCN(C(=O)C[N+]3(C)CC=C(c4ccc(C)c(C)c4)C=C3c3ccccc3)CC2)ncn1. The van der Waals surface area contributed by atoms with Crippen molar-refractivity contribution in [2.75, 3.05) is 40.3 Å². The molecule has 0 radical (unpaired) electrons. The van der Waals surface area contributed by atoms with Crippen molar-refractivity contribution in [1.82, 2.24) is 14.9 Å². The summed E-state index contributed by atoms with van der Waals surface area (Å²) in [4.78, 5) is 24.1. The molecule has 6 nitrogen and oxygen atoms in total. The van der Waals surface area contributed by atoms with Crippen LogP contribution in [0.15, 0.2) is 79.2 Å². The lowest BCUT2D eigenvalue weighted by Gasteiger charge is -2.39. The second kappa shape index (κ2) is 10.8. The summed E-state index contributed by atoms with van der Waals surface area (Å²) in [5, 5.41) is 0. The number of methoxy groups -OCH3 is 1. The van der Waals surface area contributed by atoms with E-state index in [0.717, 1.165) is 35.5 Å². The van der Waals surface area contributed by atoms with E-state index in [-0.39, 0.29) is 5.91 Å². The molecule has 1 aromatic heterocycles. The first kappa shape index (κ1) is 25.6. The van der Waals surface area contributed by atoms with Gasteiger partial charge in [0.25, 0.3) is 5.91 Å². The van der Waals surface area contributed by atoms with Gasteiger partial charge in [-0.3, -0.25) is 9.28 Å². The van der Waals surface area contributed by atoms with E-state index in [9.17, 15) is 4.79 Å². The molecular formula is C32H35N4O2+. The molecule has 2 aromatic carbocycles. The summed E-state index contributed by atoms with van der Waals surface area (Å²) < 4.78 is 5.77. The summed E-state index contributed by atoms with van der Waals surface area (Å²) >= 11 is 0. The van der Waals surface area contributed by atoms with E-state index in [1.54, 1.807) is 7.11 Å². The van der Waals surface area contributed by atoms with E-state index < -0.39 is 0 Å². The fourth-order valence-electron chi connectivity index (χ4n) is 5.19. The highest BCUT2D eigenvalue weighted by atomic mass is 16.5. The first-order valence-corrected chi connectivity index (χ1v) is 13.1. The van der Waals surface area contributed by atoms with Crippen molar-refractivity contribution in [1.29, 1.82) is 0 Å². The van der Waals surface area contributed by atoms with Gasteiger partial charge in [0.2, 0.25) is 5.88 Å². The average molecular weight is 508 g/mol. The molecule has 2 aliphatic heterocycles. The third-order valence-electron chi connectivity index (χ3n) is 7.72. The van der Waals surface area contributed by atoms with Crippen LogP contribution in [-0.2, 0) is 4.79 Å². The number of benzene rings is 2. The third kappa shape index (κ3) is 5.31. The van der Waals surface area contributed by atoms with E-state index in [1.807, 2.05) is 17.0 Å². The Kier molecular flexibility index (Phi) is 7.25. The van der Waals surface area contributed by atoms with Gasteiger partial charge in [-0.2, -0.15) is 0 Å². The van der Waals surface area contributed by atoms with Crippen LogP contribution >= 0.6 is 0 Å². The lowest BCUT2D eigenvalue weighted by molar-refractivity contribution is -0.825.